The number of hydrogen-bond donors (Lipinski definition) is 0. The molecular formula is C17H25Cl2N3. The van der Waals surface area contributed by atoms with E-state index in [9.17, 15) is 0 Å². The number of aliphatic imine (C=N–C) groups is 2. The second kappa shape index (κ2) is 9.86. The SMILES string of the molecule is C=C(Cl)/N=C(Cl)\N=C(/C)c1cccn1CC(CC)CCCC. The molecule has 0 bridgehead atoms. The highest BCUT2D eigenvalue weighted by atomic mass is 35.5. The molecular weight excluding hydrogens is 317 g/mol. The van der Waals surface area contributed by atoms with Crippen molar-refractivity contribution < 1.29 is 0 Å². The average Bonchev–Trinajstić information content (AvgIpc) is 2.90. The predicted octanol–water partition coefficient (Wildman–Crippen LogP) is 5.82. The quantitative estimate of drug-likeness (QED) is 0.324. The van der Waals surface area contributed by atoms with Gasteiger partial charge in [0.1, 0.15) is 5.16 Å². The second-order valence-corrected chi connectivity index (χ2v) is 6.19. The Hall–Kier alpha value is -1.06. The fraction of sp³-hybridized carbons (Fsp3) is 0.529. The van der Waals surface area contributed by atoms with Gasteiger partial charge in [0.05, 0.1) is 11.4 Å². The van der Waals surface area contributed by atoms with Crippen LogP contribution in [-0.2, 0) is 6.54 Å². The monoisotopic (exact) mass is 341 g/mol. The zero-order valence-corrected chi connectivity index (χ0v) is 15.2. The van der Waals surface area contributed by atoms with Gasteiger partial charge in [-0.3, -0.25) is 0 Å². The molecule has 0 aromatic carbocycles. The molecule has 0 saturated carbocycles. The van der Waals surface area contributed by atoms with Gasteiger partial charge in [-0.2, -0.15) is 0 Å². The Kier molecular flexibility index (Phi) is 8.51. The van der Waals surface area contributed by atoms with Crippen LogP contribution < -0.4 is 0 Å². The highest BCUT2D eigenvalue weighted by molar-refractivity contribution is 6.66. The third-order valence-corrected chi connectivity index (χ3v) is 3.93. The molecule has 0 aliphatic carbocycles. The molecule has 122 valence electrons. The molecule has 5 heteroatoms. The fourth-order valence-corrected chi connectivity index (χ4v) is 2.77. The van der Waals surface area contributed by atoms with Crippen LogP contribution >= 0.6 is 23.2 Å². The van der Waals surface area contributed by atoms with Gasteiger partial charge in [-0.15, -0.1) is 0 Å². The average molecular weight is 342 g/mol. The first-order valence-corrected chi connectivity index (χ1v) is 8.52. The van der Waals surface area contributed by atoms with Crippen LogP contribution in [-0.4, -0.2) is 15.6 Å². The van der Waals surface area contributed by atoms with E-state index in [1.165, 1.54) is 25.7 Å². The molecule has 1 aromatic rings. The molecule has 1 atom stereocenters. The van der Waals surface area contributed by atoms with E-state index < -0.39 is 0 Å². The summed E-state index contributed by atoms with van der Waals surface area (Å²) in [7, 11) is 0. The van der Waals surface area contributed by atoms with E-state index in [1.807, 2.05) is 19.1 Å². The van der Waals surface area contributed by atoms with E-state index in [4.69, 9.17) is 23.2 Å². The Morgan fingerprint density at radius 1 is 1.32 bits per heavy atom. The van der Waals surface area contributed by atoms with Crippen LogP contribution in [0.3, 0.4) is 0 Å². The van der Waals surface area contributed by atoms with Gasteiger partial charge in [0.2, 0.25) is 5.29 Å². The van der Waals surface area contributed by atoms with Gasteiger partial charge in [0.25, 0.3) is 0 Å². The fourth-order valence-electron chi connectivity index (χ4n) is 2.42. The Morgan fingerprint density at radius 2 is 2.05 bits per heavy atom. The topological polar surface area (TPSA) is 29.6 Å². The molecule has 1 rings (SSSR count). The summed E-state index contributed by atoms with van der Waals surface area (Å²) in [4.78, 5) is 8.11. The van der Waals surface area contributed by atoms with Gasteiger partial charge in [0.15, 0.2) is 0 Å². The molecule has 0 amide bonds. The molecule has 0 aliphatic heterocycles. The van der Waals surface area contributed by atoms with Crippen molar-refractivity contribution >= 4 is 34.2 Å². The predicted molar refractivity (Wildman–Crippen MR) is 98.2 cm³/mol. The summed E-state index contributed by atoms with van der Waals surface area (Å²) in [6.45, 7) is 10.9. The van der Waals surface area contributed by atoms with E-state index in [2.05, 4.69) is 41.2 Å². The van der Waals surface area contributed by atoms with Crippen LogP contribution in [0.4, 0.5) is 0 Å². The minimum atomic E-state index is 0.100. The maximum Gasteiger partial charge on any atom is 0.224 e. The summed E-state index contributed by atoms with van der Waals surface area (Å²) in [5.74, 6) is 0.686. The van der Waals surface area contributed by atoms with Crippen LogP contribution in [0.5, 0.6) is 0 Å². The highest BCUT2D eigenvalue weighted by Crippen LogP contribution is 2.17. The van der Waals surface area contributed by atoms with Crippen LogP contribution in [0.15, 0.2) is 40.0 Å². The zero-order valence-electron chi connectivity index (χ0n) is 13.6. The number of rotatable bonds is 8. The molecule has 0 fully saturated rings. The van der Waals surface area contributed by atoms with Crippen LogP contribution in [0.1, 0.15) is 52.1 Å². The molecule has 22 heavy (non-hydrogen) atoms. The van der Waals surface area contributed by atoms with Crippen molar-refractivity contribution in [2.45, 2.75) is 53.0 Å². The summed E-state index contributed by atoms with van der Waals surface area (Å²) >= 11 is 11.6. The first kappa shape index (κ1) is 19.0. The van der Waals surface area contributed by atoms with E-state index in [0.29, 0.717) is 5.92 Å². The van der Waals surface area contributed by atoms with Crippen molar-refractivity contribution in [2.75, 3.05) is 0 Å². The lowest BCUT2D eigenvalue weighted by Gasteiger charge is -2.17. The Balaban J connectivity index is 2.88. The largest absolute Gasteiger partial charge is 0.346 e. The van der Waals surface area contributed by atoms with Gasteiger partial charge in [-0.1, -0.05) is 51.3 Å². The lowest BCUT2D eigenvalue weighted by Crippen LogP contribution is -2.14. The normalized spacial score (nSPS) is 14.2. The van der Waals surface area contributed by atoms with Crippen molar-refractivity contribution in [3.05, 3.63) is 35.8 Å². The molecule has 0 N–H and O–H groups in total. The van der Waals surface area contributed by atoms with Crippen molar-refractivity contribution in [2.24, 2.45) is 15.9 Å². The lowest BCUT2D eigenvalue weighted by molar-refractivity contribution is 0.390. The number of unbranched alkanes of at least 4 members (excludes halogenated alkanes) is 1. The maximum atomic E-state index is 5.95. The molecule has 1 heterocycles. The van der Waals surface area contributed by atoms with Crippen molar-refractivity contribution in [1.82, 2.24) is 4.57 Å². The third kappa shape index (κ3) is 6.37. The minimum Gasteiger partial charge on any atom is -0.346 e. The molecule has 0 aliphatic rings. The number of hydrogen-bond acceptors (Lipinski definition) is 1. The van der Waals surface area contributed by atoms with Gasteiger partial charge in [0, 0.05) is 12.7 Å². The van der Waals surface area contributed by atoms with Gasteiger partial charge in [-0.25, -0.2) is 9.98 Å². The Labute approximate surface area is 143 Å². The van der Waals surface area contributed by atoms with Crippen molar-refractivity contribution in [1.29, 1.82) is 0 Å². The Morgan fingerprint density at radius 3 is 2.64 bits per heavy atom. The maximum absolute atomic E-state index is 5.95. The number of amidine groups is 1. The summed E-state index contributed by atoms with van der Waals surface area (Å²) in [5, 5.41) is 0.228. The smallest absolute Gasteiger partial charge is 0.224 e. The molecule has 1 aromatic heterocycles. The summed E-state index contributed by atoms with van der Waals surface area (Å²) in [6, 6.07) is 4.08. The lowest BCUT2D eigenvalue weighted by atomic mass is 9.99. The highest BCUT2D eigenvalue weighted by Gasteiger charge is 2.11. The molecule has 0 saturated heterocycles. The third-order valence-electron chi connectivity index (χ3n) is 3.67. The second-order valence-electron chi connectivity index (χ2n) is 5.42. The van der Waals surface area contributed by atoms with E-state index in [0.717, 1.165) is 18.0 Å². The van der Waals surface area contributed by atoms with Crippen molar-refractivity contribution in [3.63, 3.8) is 0 Å². The van der Waals surface area contributed by atoms with Crippen molar-refractivity contribution in [3.8, 4) is 0 Å². The van der Waals surface area contributed by atoms with Gasteiger partial charge < -0.3 is 4.57 Å². The van der Waals surface area contributed by atoms with E-state index >= 15 is 0 Å². The molecule has 0 radical (unpaired) electrons. The zero-order chi connectivity index (χ0) is 16.5. The summed E-state index contributed by atoms with van der Waals surface area (Å²) in [5.41, 5.74) is 1.88. The molecule has 3 nitrogen and oxygen atoms in total. The van der Waals surface area contributed by atoms with Crippen LogP contribution in [0.25, 0.3) is 0 Å². The van der Waals surface area contributed by atoms with Gasteiger partial charge >= 0.3 is 0 Å². The van der Waals surface area contributed by atoms with E-state index in [1.54, 1.807) is 0 Å². The minimum absolute atomic E-state index is 0.100. The molecule has 0 spiro atoms. The number of halogens is 2. The Bertz CT molecular complexity index is 544. The van der Waals surface area contributed by atoms with Gasteiger partial charge in [-0.05, 0) is 43.0 Å². The first-order valence-electron chi connectivity index (χ1n) is 7.77. The van der Waals surface area contributed by atoms with Crippen LogP contribution in [0, 0.1) is 5.92 Å². The number of aromatic nitrogens is 1. The first-order chi connectivity index (χ1) is 10.5. The van der Waals surface area contributed by atoms with E-state index in [-0.39, 0.29) is 10.5 Å². The number of nitrogens with zero attached hydrogens (tertiary/aromatic N) is 3. The summed E-state index contributed by atoms with van der Waals surface area (Å²) < 4.78 is 2.24. The standard InChI is InChI=1S/C17H25Cl2N3/c1-5-7-9-15(6-2)12-22-11-8-10-16(22)13(3)20-17(19)21-14(4)18/h8,10-11,15H,4-7,9,12H2,1-3H3/b20-13+,21-17-. The summed E-state index contributed by atoms with van der Waals surface area (Å²) in [6.07, 6.45) is 7.05. The van der Waals surface area contributed by atoms with Crippen LogP contribution in [0.2, 0.25) is 0 Å². The molecule has 1 unspecified atom stereocenters.